The number of hydrogen-bond acceptors (Lipinski definition) is 5. The van der Waals surface area contributed by atoms with Crippen molar-refractivity contribution in [1.82, 2.24) is 15.0 Å². The van der Waals surface area contributed by atoms with Crippen molar-refractivity contribution >= 4 is 28.3 Å². The molecule has 146 valence electrons. The molecule has 0 radical (unpaired) electrons. The third-order valence-corrected chi connectivity index (χ3v) is 5.41. The second-order valence-corrected chi connectivity index (χ2v) is 7.93. The number of aromatic nitrogens is 3. The van der Waals surface area contributed by atoms with Crippen molar-refractivity contribution in [2.24, 2.45) is 11.8 Å². The van der Waals surface area contributed by atoms with Gasteiger partial charge in [0.1, 0.15) is 16.7 Å². The van der Waals surface area contributed by atoms with Crippen LogP contribution in [0.1, 0.15) is 45.4 Å². The molecule has 4 rings (SSSR count). The van der Waals surface area contributed by atoms with E-state index < -0.39 is 23.2 Å². The first-order chi connectivity index (χ1) is 12.8. The lowest BCUT2D eigenvalue weighted by Gasteiger charge is -2.33. The molecule has 0 aromatic carbocycles. The van der Waals surface area contributed by atoms with Crippen LogP contribution < -0.4 is 9.64 Å². The van der Waals surface area contributed by atoms with Gasteiger partial charge in [-0.05, 0) is 44.9 Å². The van der Waals surface area contributed by atoms with Crippen LogP contribution in [0.25, 0.3) is 10.9 Å². The molecule has 5 nitrogen and oxygen atoms in total. The molecule has 2 atom stereocenters. The molecule has 1 aliphatic carbocycles. The molecule has 3 heterocycles. The summed E-state index contributed by atoms with van der Waals surface area (Å²) in [6, 6.07) is 0. The van der Waals surface area contributed by atoms with E-state index in [1.165, 1.54) is 0 Å². The highest BCUT2D eigenvalue weighted by molar-refractivity contribution is 6.30. The summed E-state index contributed by atoms with van der Waals surface area (Å²) in [5.41, 5.74) is -0.274. The number of alkyl halides is 2. The largest absolute Gasteiger partial charge is 0.474 e. The van der Waals surface area contributed by atoms with Crippen LogP contribution in [0.15, 0.2) is 0 Å². The average molecular weight is 401 g/mol. The number of anilines is 1. The lowest BCUT2D eigenvalue weighted by molar-refractivity contribution is 0.140. The summed E-state index contributed by atoms with van der Waals surface area (Å²) < 4.78 is 47.2. The number of halogens is 4. The van der Waals surface area contributed by atoms with Crippen molar-refractivity contribution in [3.8, 4) is 5.88 Å². The Labute approximate surface area is 159 Å². The van der Waals surface area contributed by atoms with E-state index >= 15 is 0 Å². The number of ether oxygens (including phenoxy) is 1. The summed E-state index contributed by atoms with van der Waals surface area (Å²) in [5.74, 6) is -0.349. The van der Waals surface area contributed by atoms with Crippen LogP contribution in [0.3, 0.4) is 0 Å². The molecular formula is C18H20ClF3N4O. The van der Waals surface area contributed by atoms with Gasteiger partial charge in [-0.1, -0.05) is 11.6 Å². The van der Waals surface area contributed by atoms with E-state index in [2.05, 4.69) is 15.0 Å². The second-order valence-electron chi connectivity index (χ2n) is 7.57. The maximum atomic E-state index is 14.7. The standard InChI is InChI=1S/C18H20ClF3N4O/c1-8(2)27-18-11-13(12(20)14(19)24-18)23-16(15(21)22)25-17(11)26-6-9-3-4-10(5-9)7-26/h8-10,15H,3-7H2,1-2H3. The van der Waals surface area contributed by atoms with Gasteiger partial charge >= 0.3 is 0 Å². The van der Waals surface area contributed by atoms with Gasteiger partial charge < -0.3 is 9.64 Å². The first kappa shape index (κ1) is 18.5. The van der Waals surface area contributed by atoms with Gasteiger partial charge in [-0.15, -0.1) is 0 Å². The quantitative estimate of drug-likeness (QED) is 0.691. The smallest absolute Gasteiger partial charge is 0.297 e. The van der Waals surface area contributed by atoms with Crippen molar-refractivity contribution in [2.45, 2.75) is 45.6 Å². The summed E-state index contributed by atoms with van der Waals surface area (Å²) in [4.78, 5) is 13.8. The maximum Gasteiger partial charge on any atom is 0.297 e. The Morgan fingerprint density at radius 3 is 2.37 bits per heavy atom. The number of nitrogens with zero attached hydrogens (tertiary/aromatic N) is 4. The fourth-order valence-corrected chi connectivity index (χ4v) is 4.30. The zero-order chi connectivity index (χ0) is 19.3. The van der Waals surface area contributed by atoms with Gasteiger partial charge in [-0.2, -0.15) is 4.98 Å². The summed E-state index contributed by atoms with van der Waals surface area (Å²) in [6.45, 7) is 4.97. The molecule has 2 aromatic rings. The highest BCUT2D eigenvalue weighted by atomic mass is 35.5. The Kier molecular flexibility index (Phi) is 4.78. The third kappa shape index (κ3) is 3.39. The van der Waals surface area contributed by atoms with Crippen LogP contribution in [-0.2, 0) is 0 Å². The summed E-state index contributed by atoms with van der Waals surface area (Å²) in [7, 11) is 0. The lowest BCUT2D eigenvalue weighted by Crippen LogP contribution is -2.37. The Balaban J connectivity index is 1.95. The maximum absolute atomic E-state index is 14.7. The molecule has 0 N–H and O–H groups in total. The Morgan fingerprint density at radius 1 is 1.11 bits per heavy atom. The Hall–Kier alpha value is -1.83. The predicted molar refractivity (Wildman–Crippen MR) is 96.1 cm³/mol. The van der Waals surface area contributed by atoms with Crippen LogP contribution >= 0.6 is 11.6 Å². The topological polar surface area (TPSA) is 51.1 Å². The molecule has 0 spiro atoms. The number of rotatable bonds is 4. The van der Waals surface area contributed by atoms with Crippen molar-refractivity contribution in [3.05, 3.63) is 16.8 Å². The van der Waals surface area contributed by atoms with Gasteiger partial charge in [0.25, 0.3) is 6.43 Å². The molecule has 1 saturated carbocycles. The molecular weight excluding hydrogens is 381 g/mol. The molecule has 2 bridgehead atoms. The number of fused-ring (bicyclic) bond motifs is 3. The normalized spacial score (nSPS) is 22.3. The molecule has 2 unspecified atom stereocenters. The van der Waals surface area contributed by atoms with Gasteiger partial charge in [-0.25, -0.2) is 23.1 Å². The van der Waals surface area contributed by atoms with Crippen LogP contribution in [0, 0.1) is 17.7 Å². The number of hydrogen-bond donors (Lipinski definition) is 0. The van der Waals surface area contributed by atoms with Gasteiger partial charge in [0, 0.05) is 13.1 Å². The molecule has 9 heteroatoms. The van der Waals surface area contributed by atoms with Crippen molar-refractivity contribution in [2.75, 3.05) is 18.0 Å². The van der Waals surface area contributed by atoms with Crippen LogP contribution in [0.2, 0.25) is 5.15 Å². The zero-order valence-electron chi connectivity index (χ0n) is 15.1. The fraction of sp³-hybridized carbons (Fsp3) is 0.611. The molecule has 2 aliphatic rings. The average Bonchev–Trinajstić information content (AvgIpc) is 2.95. The summed E-state index contributed by atoms with van der Waals surface area (Å²) in [6.07, 6.45) is 0.173. The highest BCUT2D eigenvalue weighted by Gasteiger charge is 2.35. The monoisotopic (exact) mass is 400 g/mol. The van der Waals surface area contributed by atoms with E-state index in [0.717, 1.165) is 19.3 Å². The van der Waals surface area contributed by atoms with E-state index in [9.17, 15) is 13.2 Å². The van der Waals surface area contributed by atoms with Gasteiger partial charge in [-0.3, -0.25) is 0 Å². The highest BCUT2D eigenvalue weighted by Crippen LogP contribution is 2.42. The molecule has 2 fully saturated rings. The minimum Gasteiger partial charge on any atom is -0.474 e. The van der Waals surface area contributed by atoms with Crippen LogP contribution in [0.5, 0.6) is 5.88 Å². The van der Waals surface area contributed by atoms with Gasteiger partial charge in [0.15, 0.2) is 16.8 Å². The number of piperidine rings is 1. The van der Waals surface area contributed by atoms with E-state index in [4.69, 9.17) is 16.3 Å². The van der Waals surface area contributed by atoms with Crippen LogP contribution in [0.4, 0.5) is 19.0 Å². The Morgan fingerprint density at radius 2 is 1.78 bits per heavy atom. The number of pyridine rings is 1. The van der Waals surface area contributed by atoms with E-state index in [0.29, 0.717) is 24.9 Å². The van der Waals surface area contributed by atoms with Gasteiger partial charge in [0.05, 0.1) is 6.10 Å². The molecule has 1 saturated heterocycles. The van der Waals surface area contributed by atoms with Gasteiger partial charge in [0.2, 0.25) is 5.88 Å². The first-order valence-corrected chi connectivity index (χ1v) is 9.47. The van der Waals surface area contributed by atoms with E-state index in [1.807, 2.05) is 4.90 Å². The lowest BCUT2D eigenvalue weighted by atomic mass is 9.98. The molecule has 0 amide bonds. The second kappa shape index (κ2) is 6.96. The minimum atomic E-state index is -2.92. The third-order valence-electron chi connectivity index (χ3n) is 5.16. The minimum absolute atomic E-state index is 0.0696. The summed E-state index contributed by atoms with van der Waals surface area (Å²) >= 11 is 5.88. The van der Waals surface area contributed by atoms with Crippen LogP contribution in [-0.4, -0.2) is 34.1 Å². The fourth-order valence-electron chi connectivity index (χ4n) is 4.13. The van der Waals surface area contributed by atoms with E-state index in [1.54, 1.807) is 13.8 Å². The van der Waals surface area contributed by atoms with Crippen molar-refractivity contribution < 1.29 is 17.9 Å². The van der Waals surface area contributed by atoms with E-state index in [-0.39, 0.29) is 28.7 Å². The Bertz CT molecular complexity index is 868. The first-order valence-electron chi connectivity index (χ1n) is 9.09. The summed E-state index contributed by atoms with van der Waals surface area (Å²) in [5, 5.41) is -0.252. The molecule has 1 aliphatic heterocycles. The predicted octanol–water partition coefficient (Wildman–Crippen LogP) is 4.78. The SMILES string of the molecule is CC(C)Oc1nc(Cl)c(F)c2nc(C(F)F)nc(N3CC4CCC(C4)C3)c12. The van der Waals surface area contributed by atoms with Crippen molar-refractivity contribution in [3.63, 3.8) is 0 Å². The zero-order valence-corrected chi connectivity index (χ0v) is 15.8. The molecule has 27 heavy (non-hydrogen) atoms. The van der Waals surface area contributed by atoms with Crippen molar-refractivity contribution in [1.29, 1.82) is 0 Å². The molecule has 2 aromatic heterocycles.